The van der Waals surface area contributed by atoms with E-state index in [0.29, 0.717) is 5.82 Å². The summed E-state index contributed by atoms with van der Waals surface area (Å²) in [5.74, 6) is 0.422. The lowest BCUT2D eigenvalue weighted by atomic mass is 10.2. The van der Waals surface area contributed by atoms with Crippen LogP contribution in [-0.2, 0) is 0 Å². The molecule has 0 aromatic carbocycles. The average Bonchev–Trinajstić information content (AvgIpc) is 2.29. The fourth-order valence-corrected chi connectivity index (χ4v) is 2.10. The molecule has 2 unspecified atom stereocenters. The van der Waals surface area contributed by atoms with Gasteiger partial charge in [-0.3, -0.25) is 10.1 Å². The minimum Gasteiger partial charge on any atom is -0.395 e. The monoisotopic (exact) mass is 272 g/mol. The average molecular weight is 272 g/mol. The zero-order valence-corrected chi connectivity index (χ0v) is 11.0. The molecule has 0 spiro atoms. The number of nitro groups is 1. The van der Waals surface area contributed by atoms with Crippen molar-refractivity contribution in [3.8, 4) is 0 Å². The Labute approximate surface area is 109 Å². The fraction of sp³-hybridized carbons (Fsp3) is 0.500. The predicted molar refractivity (Wildman–Crippen MR) is 72.8 cm³/mol. The highest BCUT2D eigenvalue weighted by Crippen LogP contribution is 2.21. The van der Waals surface area contributed by atoms with Crippen LogP contribution in [0.2, 0.25) is 0 Å². The summed E-state index contributed by atoms with van der Waals surface area (Å²) in [6.45, 7) is 1.88. The standard InChI is InChI=1S/C10H16N4O3S/c1-6(8(5-15)18-2)12-10-4-7(14(16)17)3-9(11)13-10/h3-4,6,8,15H,5H2,1-2H3,(H3,11,12,13). The molecule has 1 rings (SSSR count). The lowest BCUT2D eigenvalue weighted by Crippen LogP contribution is -2.31. The second-order valence-electron chi connectivity index (χ2n) is 3.78. The highest BCUT2D eigenvalue weighted by molar-refractivity contribution is 7.99. The molecule has 1 aromatic rings. The van der Waals surface area contributed by atoms with Crippen molar-refractivity contribution in [3.05, 3.63) is 22.2 Å². The molecular formula is C10H16N4O3S. The number of anilines is 2. The second-order valence-corrected chi connectivity index (χ2v) is 4.86. The number of nitrogen functional groups attached to an aromatic ring is 1. The summed E-state index contributed by atoms with van der Waals surface area (Å²) in [7, 11) is 0. The van der Waals surface area contributed by atoms with Crippen molar-refractivity contribution in [2.24, 2.45) is 0 Å². The molecule has 7 nitrogen and oxygen atoms in total. The summed E-state index contributed by atoms with van der Waals surface area (Å²) >= 11 is 1.51. The van der Waals surface area contributed by atoms with Gasteiger partial charge >= 0.3 is 0 Å². The maximum atomic E-state index is 10.7. The van der Waals surface area contributed by atoms with Crippen LogP contribution in [0.1, 0.15) is 6.92 Å². The fourth-order valence-electron chi connectivity index (χ4n) is 1.48. The number of aromatic nitrogens is 1. The van der Waals surface area contributed by atoms with Gasteiger partial charge in [0.1, 0.15) is 11.6 Å². The first-order chi connectivity index (χ1) is 8.47. The number of aliphatic hydroxyl groups is 1. The smallest absolute Gasteiger partial charge is 0.276 e. The molecule has 8 heteroatoms. The Morgan fingerprint density at radius 2 is 2.33 bits per heavy atom. The van der Waals surface area contributed by atoms with Crippen molar-refractivity contribution in [2.45, 2.75) is 18.2 Å². The maximum absolute atomic E-state index is 10.7. The van der Waals surface area contributed by atoms with Crippen LogP contribution >= 0.6 is 11.8 Å². The Balaban J connectivity index is 2.87. The quantitative estimate of drug-likeness (QED) is 0.524. The predicted octanol–water partition coefficient (Wildman–Crippen LogP) is 1.10. The number of rotatable bonds is 6. The number of pyridine rings is 1. The van der Waals surface area contributed by atoms with Crippen molar-refractivity contribution in [3.63, 3.8) is 0 Å². The molecule has 0 aliphatic rings. The van der Waals surface area contributed by atoms with E-state index in [1.54, 1.807) is 0 Å². The van der Waals surface area contributed by atoms with Crippen LogP contribution in [0.4, 0.5) is 17.3 Å². The molecule has 0 bridgehead atoms. The molecule has 2 atom stereocenters. The van der Waals surface area contributed by atoms with Crippen LogP contribution in [0.15, 0.2) is 12.1 Å². The largest absolute Gasteiger partial charge is 0.395 e. The number of hydrogen-bond acceptors (Lipinski definition) is 7. The molecule has 4 N–H and O–H groups in total. The number of thioether (sulfide) groups is 1. The number of aliphatic hydroxyl groups excluding tert-OH is 1. The first-order valence-electron chi connectivity index (χ1n) is 5.30. The van der Waals surface area contributed by atoms with Gasteiger partial charge in [-0.25, -0.2) is 4.98 Å². The lowest BCUT2D eigenvalue weighted by Gasteiger charge is -2.21. The first kappa shape index (κ1) is 14.5. The van der Waals surface area contributed by atoms with Gasteiger partial charge in [0.25, 0.3) is 5.69 Å². The minimum atomic E-state index is -0.522. The van der Waals surface area contributed by atoms with Crippen LogP contribution < -0.4 is 11.1 Å². The van der Waals surface area contributed by atoms with Crippen LogP contribution in [0.5, 0.6) is 0 Å². The molecule has 0 aliphatic heterocycles. The van der Waals surface area contributed by atoms with E-state index in [4.69, 9.17) is 10.8 Å². The molecular weight excluding hydrogens is 256 g/mol. The number of nitrogens with two attached hydrogens (primary N) is 1. The molecule has 0 radical (unpaired) electrons. The van der Waals surface area contributed by atoms with E-state index >= 15 is 0 Å². The van der Waals surface area contributed by atoms with Crippen LogP contribution in [0.3, 0.4) is 0 Å². The van der Waals surface area contributed by atoms with E-state index < -0.39 is 4.92 Å². The first-order valence-corrected chi connectivity index (χ1v) is 6.59. The Morgan fingerprint density at radius 3 is 2.83 bits per heavy atom. The van der Waals surface area contributed by atoms with Gasteiger partial charge in [-0.2, -0.15) is 11.8 Å². The zero-order valence-electron chi connectivity index (χ0n) is 10.2. The SMILES string of the molecule is CSC(CO)C(C)Nc1cc([N+](=O)[O-])cc(N)n1. The minimum absolute atomic E-state index is 0.0136. The number of nitrogens with zero attached hydrogens (tertiary/aromatic N) is 2. The van der Waals surface area contributed by atoms with Crippen molar-refractivity contribution < 1.29 is 10.0 Å². The third kappa shape index (κ3) is 3.74. The molecule has 1 aromatic heterocycles. The Kier molecular flexibility index (Phi) is 5.17. The van der Waals surface area contributed by atoms with E-state index in [0.717, 1.165) is 0 Å². The lowest BCUT2D eigenvalue weighted by molar-refractivity contribution is -0.384. The summed E-state index contributed by atoms with van der Waals surface area (Å²) in [5, 5.41) is 22.8. The van der Waals surface area contributed by atoms with Gasteiger partial charge in [0.2, 0.25) is 0 Å². The molecule has 100 valence electrons. The topological polar surface area (TPSA) is 114 Å². The molecule has 0 fully saturated rings. The summed E-state index contributed by atoms with van der Waals surface area (Å²) in [6, 6.07) is 2.44. The molecule has 0 amide bonds. The number of nitrogens with one attached hydrogen (secondary N) is 1. The van der Waals surface area contributed by atoms with Crippen molar-refractivity contribution in [2.75, 3.05) is 23.9 Å². The summed E-state index contributed by atoms with van der Waals surface area (Å²) in [4.78, 5) is 14.1. The van der Waals surface area contributed by atoms with Gasteiger partial charge in [-0.05, 0) is 13.2 Å². The van der Waals surface area contributed by atoms with Crippen molar-refractivity contribution in [1.29, 1.82) is 0 Å². The van der Waals surface area contributed by atoms with Crippen LogP contribution in [0.25, 0.3) is 0 Å². The van der Waals surface area contributed by atoms with Gasteiger partial charge in [0.15, 0.2) is 0 Å². The summed E-state index contributed by atoms with van der Waals surface area (Å²) in [6.07, 6.45) is 1.88. The van der Waals surface area contributed by atoms with E-state index in [1.807, 2.05) is 13.2 Å². The molecule has 18 heavy (non-hydrogen) atoms. The zero-order chi connectivity index (χ0) is 13.7. The highest BCUT2D eigenvalue weighted by Gasteiger charge is 2.17. The van der Waals surface area contributed by atoms with E-state index in [1.165, 1.54) is 23.9 Å². The Bertz CT molecular complexity index is 426. The molecule has 1 heterocycles. The Morgan fingerprint density at radius 1 is 1.67 bits per heavy atom. The summed E-state index contributed by atoms with van der Waals surface area (Å²) < 4.78 is 0. The molecule has 0 saturated carbocycles. The molecule has 0 aliphatic carbocycles. The third-order valence-corrected chi connectivity index (χ3v) is 3.62. The molecule has 0 saturated heterocycles. The van der Waals surface area contributed by atoms with Crippen LogP contribution in [-0.4, -0.2) is 39.2 Å². The van der Waals surface area contributed by atoms with E-state index in [-0.39, 0.29) is 29.4 Å². The van der Waals surface area contributed by atoms with Crippen molar-refractivity contribution >= 4 is 29.1 Å². The number of hydrogen-bond donors (Lipinski definition) is 3. The van der Waals surface area contributed by atoms with Gasteiger partial charge in [-0.15, -0.1) is 0 Å². The van der Waals surface area contributed by atoms with E-state index in [9.17, 15) is 10.1 Å². The third-order valence-electron chi connectivity index (χ3n) is 2.46. The second kappa shape index (κ2) is 6.41. The van der Waals surface area contributed by atoms with Gasteiger partial charge in [-0.1, -0.05) is 0 Å². The van der Waals surface area contributed by atoms with Crippen LogP contribution in [0, 0.1) is 10.1 Å². The van der Waals surface area contributed by atoms with Gasteiger partial charge in [0, 0.05) is 11.3 Å². The van der Waals surface area contributed by atoms with Gasteiger partial charge < -0.3 is 16.2 Å². The van der Waals surface area contributed by atoms with Gasteiger partial charge in [0.05, 0.1) is 23.7 Å². The van der Waals surface area contributed by atoms with Crippen molar-refractivity contribution in [1.82, 2.24) is 4.98 Å². The maximum Gasteiger partial charge on any atom is 0.276 e. The Hall–Kier alpha value is -1.54. The summed E-state index contributed by atoms with van der Waals surface area (Å²) in [5.41, 5.74) is 5.39. The highest BCUT2D eigenvalue weighted by atomic mass is 32.2. The normalized spacial score (nSPS) is 13.9. The van der Waals surface area contributed by atoms with E-state index in [2.05, 4.69) is 10.3 Å².